The van der Waals surface area contributed by atoms with Gasteiger partial charge < -0.3 is 27.3 Å². The Kier molecular flexibility index (Phi) is 46.5. The summed E-state index contributed by atoms with van der Waals surface area (Å²) in [6, 6.07) is -1.05. The van der Waals surface area contributed by atoms with Crippen molar-refractivity contribution in [1.29, 1.82) is 0 Å². The number of amides is 1. The molecule has 0 aliphatic heterocycles. The van der Waals surface area contributed by atoms with Crippen LogP contribution in [0.2, 0.25) is 0 Å². The molecule has 1 amide bonds. The molecule has 0 aromatic heterocycles. The van der Waals surface area contributed by atoms with Crippen LogP contribution >= 0.6 is 0 Å². The fraction of sp³-hybridized carbons (Fsp3) is 0.600. The van der Waals surface area contributed by atoms with E-state index >= 15 is 0 Å². The van der Waals surface area contributed by atoms with Crippen LogP contribution < -0.4 is 40.8 Å². The Labute approximate surface area is 126 Å². The van der Waals surface area contributed by atoms with Crippen LogP contribution in [0, 0.1) is 0 Å². The van der Waals surface area contributed by atoms with Crippen molar-refractivity contribution in [3.05, 3.63) is 0 Å². The third-order valence-electron chi connectivity index (χ3n) is 1.12. The van der Waals surface area contributed by atoms with Crippen molar-refractivity contribution in [1.82, 2.24) is 5.48 Å². The number of carbonyl (C=O) groups excluding carboxylic acids is 1. The first-order valence-electron chi connectivity index (χ1n) is 2.99. The largest absolute Gasteiger partial charge is 2.00 e. The molecule has 1 radical (unpaired) electrons. The molecule has 0 aliphatic rings. The zero-order valence-electron chi connectivity index (χ0n) is 8.45. The van der Waals surface area contributed by atoms with Gasteiger partial charge in [0, 0.05) is 25.0 Å². The zero-order chi connectivity index (χ0) is 8.85. The molecule has 0 saturated carbocycles. The van der Waals surface area contributed by atoms with Gasteiger partial charge in [-0.15, -0.1) is 0 Å². The second-order valence-corrected chi connectivity index (χ2v) is 2.02. The molecule has 16 heavy (non-hydrogen) atoms. The molecule has 9 nitrogen and oxygen atoms in total. The van der Waals surface area contributed by atoms with Gasteiger partial charge in [-0.25, -0.2) is 5.48 Å². The van der Waals surface area contributed by atoms with E-state index in [9.17, 15) is 9.59 Å². The van der Waals surface area contributed by atoms with Crippen molar-refractivity contribution in [3.63, 3.8) is 0 Å². The normalized spacial score (nSPS) is 8.38. The fourth-order valence-electron chi connectivity index (χ4n) is 0.466. The van der Waals surface area contributed by atoms with E-state index in [4.69, 9.17) is 16.0 Å². The van der Waals surface area contributed by atoms with E-state index in [1.807, 2.05) is 0 Å². The van der Waals surface area contributed by atoms with E-state index < -0.39 is 17.9 Å². The van der Waals surface area contributed by atoms with Crippen molar-refractivity contribution in [2.45, 2.75) is 18.9 Å². The van der Waals surface area contributed by atoms with Crippen LogP contribution in [0.25, 0.3) is 0 Å². The third-order valence-corrected chi connectivity index (χ3v) is 1.12. The molecule has 1 atom stereocenters. The molecule has 0 heterocycles. The number of nitrogens with one attached hydrogen (secondary N) is 1. The van der Waals surface area contributed by atoms with E-state index in [2.05, 4.69) is 0 Å². The van der Waals surface area contributed by atoms with Gasteiger partial charge in [0.25, 0.3) is 0 Å². The van der Waals surface area contributed by atoms with E-state index in [-0.39, 0.29) is 77.4 Å². The summed E-state index contributed by atoms with van der Waals surface area (Å²) >= 11 is 0. The van der Waals surface area contributed by atoms with Crippen LogP contribution in [0.1, 0.15) is 12.8 Å². The van der Waals surface area contributed by atoms with Gasteiger partial charge in [-0.1, -0.05) is 0 Å². The van der Waals surface area contributed by atoms with Gasteiger partial charge in [0.1, 0.15) is 6.04 Å². The van der Waals surface area contributed by atoms with Crippen molar-refractivity contribution >= 4 is 11.9 Å². The summed E-state index contributed by atoms with van der Waals surface area (Å²) in [6.45, 7) is 0. The maximum atomic E-state index is 10.3. The summed E-state index contributed by atoms with van der Waals surface area (Å²) in [4.78, 5) is 20.4. The molecular weight excluding hydrogens is 274 g/mol. The van der Waals surface area contributed by atoms with Gasteiger partial charge >= 0.3 is 35.5 Å². The van der Waals surface area contributed by atoms with E-state index in [0.29, 0.717) is 0 Å². The van der Waals surface area contributed by atoms with Crippen LogP contribution in [0.4, 0.5) is 0 Å². The first kappa shape index (κ1) is 36.0. The maximum Gasteiger partial charge on any atom is 1.00 e. The molecule has 0 spiro atoms. The molecule has 0 aromatic rings. The Morgan fingerprint density at radius 3 is 1.88 bits per heavy atom. The molecule has 0 fully saturated rings. The van der Waals surface area contributed by atoms with Crippen LogP contribution in [-0.4, -0.2) is 28.2 Å². The minimum atomic E-state index is -1.16. The van der Waals surface area contributed by atoms with Crippen molar-refractivity contribution in [2.24, 2.45) is 5.73 Å². The van der Waals surface area contributed by atoms with Gasteiger partial charge in [0.05, 0.1) is 0 Å². The topological polar surface area (TPSA) is 198 Å². The van der Waals surface area contributed by atoms with E-state index in [1.165, 1.54) is 5.48 Å². The number of aliphatic carboxylic acids is 1. The summed E-state index contributed by atoms with van der Waals surface area (Å²) < 4.78 is 0. The minimum Gasteiger partial charge on any atom is -2.00 e. The Hall–Kier alpha value is 0.324. The average Bonchev–Trinajstić information content (AvgIpc) is 1.99. The second-order valence-electron chi connectivity index (χ2n) is 2.02. The predicted octanol–water partition coefficient (Wildman–Crippen LogP) is -4.67. The van der Waals surface area contributed by atoms with Crippen molar-refractivity contribution in [2.75, 3.05) is 0 Å². The van der Waals surface area contributed by atoms with Gasteiger partial charge in [0.2, 0.25) is 5.91 Å². The second kappa shape index (κ2) is 20.7. The zero-order valence-corrected chi connectivity index (χ0v) is 11.8. The monoisotopic (exact) mass is 284 g/mol. The first-order valence-corrected chi connectivity index (χ1v) is 2.99. The molecule has 0 bridgehead atoms. The average molecular weight is 284 g/mol. The molecule has 0 aliphatic carbocycles. The molecule has 0 aromatic carbocycles. The number of hydrogen-bond donors (Lipinski definition) is 4. The Morgan fingerprint density at radius 2 is 1.62 bits per heavy atom. The van der Waals surface area contributed by atoms with Gasteiger partial charge in [-0.2, -0.15) is 0 Å². The number of carboxylic acids is 1. The third kappa shape index (κ3) is 19.8. The Balaban J connectivity index is -0.0000000500. The van der Waals surface area contributed by atoms with Crippen LogP contribution in [0.3, 0.4) is 0 Å². The maximum absolute atomic E-state index is 10.3. The summed E-state index contributed by atoms with van der Waals surface area (Å²) in [6.07, 6.45) is -0.0777. The van der Waals surface area contributed by atoms with Crippen LogP contribution in [0.5, 0.6) is 0 Å². The summed E-state index contributed by atoms with van der Waals surface area (Å²) in [5.74, 6) is -1.79. The predicted molar refractivity (Wildman–Crippen MR) is 36.8 cm³/mol. The van der Waals surface area contributed by atoms with E-state index in [1.54, 1.807) is 0 Å². The number of hydrogen-bond acceptors (Lipinski definition) is 4. The fourth-order valence-corrected chi connectivity index (χ4v) is 0.466. The van der Waals surface area contributed by atoms with Gasteiger partial charge in [-0.3, -0.25) is 14.8 Å². The summed E-state index contributed by atoms with van der Waals surface area (Å²) in [7, 11) is 0. The molecule has 0 rings (SSSR count). The van der Waals surface area contributed by atoms with Crippen LogP contribution in [0.15, 0.2) is 0 Å². The summed E-state index contributed by atoms with van der Waals surface area (Å²) in [5.41, 5.74) is 6.43. The molecule has 11 heteroatoms. The van der Waals surface area contributed by atoms with Crippen molar-refractivity contribution < 1.29 is 84.4 Å². The van der Waals surface area contributed by atoms with Gasteiger partial charge in [0.15, 0.2) is 0 Å². The minimum absolute atomic E-state index is 0. The number of rotatable bonds is 4. The number of hydroxylamine groups is 1. The molecule has 93 valence electrons. The molecular formula is C5H10N2NaO7V-5. The number of carboxylic acid groups (broad SMARTS) is 1. The first-order chi connectivity index (χ1) is 5.07. The number of carbonyl (C=O) groups is 2. The quantitative estimate of drug-likeness (QED) is 0.228. The Bertz CT molecular complexity index is 173. The van der Waals surface area contributed by atoms with Gasteiger partial charge in [-0.05, 0) is 6.42 Å². The SMILES string of the molecule is NC(CCC(=O)NO)C(=O)O.[Na+].[O-2].[O-2].[O-2].[V]. The van der Waals surface area contributed by atoms with Crippen LogP contribution in [-0.2, 0) is 44.6 Å². The summed E-state index contributed by atoms with van der Waals surface area (Å²) in [5, 5.41) is 16.2. The molecule has 5 N–H and O–H groups in total. The Morgan fingerprint density at radius 1 is 1.25 bits per heavy atom. The molecule has 0 saturated heterocycles. The number of nitrogens with two attached hydrogens (primary N) is 1. The van der Waals surface area contributed by atoms with Crippen molar-refractivity contribution in [3.8, 4) is 0 Å². The van der Waals surface area contributed by atoms with E-state index in [0.717, 1.165) is 0 Å². The smallest absolute Gasteiger partial charge is 1.00 e. The molecule has 1 unspecified atom stereocenters. The standard InChI is InChI=1S/C5H10N2O4.Na.3O.V/c6-3(5(9)10)1-2-4(8)7-11;;;;;/h3,11H,1-2,6H2,(H,7,8)(H,9,10);;;;;/q;+1;3*-2;.